The molecule has 2 heterocycles. The van der Waals surface area contributed by atoms with Gasteiger partial charge in [0.2, 0.25) is 11.6 Å². The van der Waals surface area contributed by atoms with Crippen LogP contribution >= 0.6 is 11.8 Å². The van der Waals surface area contributed by atoms with E-state index >= 15 is 0 Å². The van der Waals surface area contributed by atoms with Crippen molar-refractivity contribution in [2.45, 2.75) is 56.8 Å². The second-order valence-electron chi connectivity index (χ2n) is 6.80. The molecule has 2 aliphatic heterocycles. The fraction of sp³-hybridized carbons (Fsp3) is 0.684. The summed E-state index contributed by atoms with van der Waals surface area (Å²) in [6.45, 7) is 4.35. The van der Waals surface area contributed by atoms with E-state index in [0.29, 0.717) is 6.61 Å². The standard InChI is InChI=1S/C19H28O5S/c1-18(20-3)19(2,21-4)24-17-13-25-12-15(10-16(17)23-18)22-11-14-8-6-5-7-9-14/h5-9,15-17H,10-13H2,1-4H3/t15-,16+,17+,18-,19-/m0/s1. The molecule has 0 aromatic heterocycles. The molecule has 6 heteroatoms. The summed E-state index contributed by atoms with van der Waals surface area (Å²) in [5.41, 5.74) is 1.18. The molecule has 0 bridgehead atoms. The quantitative estimate of drug-likeness (QED) is 0.795. The minimum Gasteiger partial charge on any atom is -0.373 e. The molecule has 0 saturated carbocycles. The van der Waals surface area contributed by atoms with Crippen molar-refractivity contribution in [1.82, 2.24) is 0 Å². The average molecular weight is 368 g/mol. The van der Waals surface area contributed by atoms with Gasteiger partial charge in [-0.1, -0.05) is 30.3 Å². The van der Waals surface area contributed by atoms with Crippen molar-refractivity contribution < 1.29 is 23.7 Å². The smallest absolute Gasteiger partial charge is 0.220 e. The first-order chi connectivity index (χ1) is 12.0. The molecule has 0 radical (unpaired) electrons. The van der Waals surface area contributed by atoms with Crippen molar-refractivity contribution in [1.29, 1.82) is 0 Å². The Morgan fingerprint density at radius 2 is 1.64 bits per heavy atom. The molecule has 5 atom stereocenters. The zero-order valence-electron chi connectivity index (χ0n) is 15.4. The second-order valence-corrected chi connectivity index (χ2v) is 7.88. The van der Waals surface area contributed by atoms with E-state index in [1.165, 1.54) is 5.56 Å². The summed E-state index contributed by atoms with van der Waals surface area (Å²) in [6, 6.07) is 10.2. The van der Waals surface area contributed by atoms with Crippen LogP contribution < -0.4 is 0 Å². The van der Waals surface area contributed by atoms with Gasteiger partial charge in [0.25, 0.3) is 0 Å². The van der Waals surface area contributed by atoms with Gasteiger partial charge in [0.05, 0.1) is 24.9 Å². The van der Waals surface area contributed by atoms with E-state index in [-0.39, 0.29) is 18.3 Å². The van der Waals surface area contributed by atoms with Gasteiger partial charge < -0.3 is 23.7 Å². The third-order valence-corrected chi connectivity index (χ3v) is 6.35. The number of fused-ring (bicyclic) bond motifs is 1. The monoisotopic (exact) mass is 368 g/mol. The van der Waals surface area contributed by atoms with E-state index in [9.17, 15) is 0 Å². The second kappa shape index (κ2) is 7.94. The molecular weight excluding hydrogens is 340 g/mol. The van der Waals surface area contributed by atoms with Crippen LogP contribution in [-0.4, -0.2) is 55.6 Å². The van der Waals surface area contributed by atoms with Gasteiger partial charge in [0.1, 0.15) is 0 Å². The molecule has 2 aliphatic rings. The highest BCUT2D eigenvalue weighted by Gasteiger charge is 2.57. The van der Waals surface area contributed by atoms with Gasteiger partial charge in [0.15, 0.2) is 0 Å². The van der Waals surface area contributed by atoms with E-state index < -0.39 is 11.6 Å². The Morgan fingerprint density at radius 3 is 2.28 bits per heavy atom. The Kier molecular flexibility index (Phi) is 6.08. The molecule has 1 aromatic rings. The van der Waals surface area contributed by atoms with E-state index in [4.69, 9.17) is 23.7 Å². The summed E-state index contributed by atoms with van der Waals surface area (Å²) in [5, 5.41) is 0. The molecule has 0 unspecified atom stereocenters. The third-order valence-electron chi connectivity index (χ3n) is 5.18. The van der Waals surface area contributed by atoms with Crippen LogP contribution in [0.4, 0.5) is 0 Å². The largest absolute Gasteiger partial charge is 0.373 e. The Balaban J connectivity index is 1.66. The lowest BCUT2D eigenvalue weighted by atomic mass is 10.0. The number of benzene rings is 1. The number of methoxy groups -OCH3 is 2. The van der Waals surface area contributed by atoms with Crippen LogP contribution in [0.5, 0.6) is 0 Å². The lowest BCUT2D eigenvalue weighted by molar-refractivity contribution is -0.446. The molecular formula is C19H28O5S. The molecule has 1 aromatic carbocycles. The summed E-state index contributed by atoms with van der Waals surface area (Å²) in [7, 11) is 3.24. The maximum absolute atomic E-state index is 6.33. The summed E-state index contributed by atoms with van der Waals surface area (Å²) >= 11 is 1.84. The lowest BCUT2D eigenvalue weighted by Crippen LogP contribution is -2.65. The maximum atomic E-state index is 6.33. The van der Waals surface area contributed by atoms with Crippen LogP contribution in [0.3, 0.4) is 0 Å². The Bertz CT molecular complexity index is 556. The first-order valence-corrected chi connectivity index (χ1v) is 9.84. The van der Waals surface area contributed by atoms with Crippen LogP contribution in [-0.2, 0) is 30.3 Å². The highest BCUT2D eigenvalue weighted by atomic mass is 32.2. The van der Waals surface area contributed by atoms with Gasteiger partial charge >= 0.3 is 0 Å². The van der Waals surface area contributed by atoms with Crippen molar-refractivity contribution in [3.05, 3.63) is 35.9 Å². The van der Waals surface area contributed by atoms with Crippen molar-refractivity contribution >= 4 is 11.8 Å². The zero-order chi connectivity index (χ0) is 17.9. The first-order valence-electron chi connectivity index (χ1n) is 8.69. The fourth-order valence-electron chi connectivity index (χ4n) is 3.30. The van der Waals surface area contributed by atoms with Crippen LogP contribution in [0.1, 0.15) is 25.8 Å². The molecule has 0 amide bonds. The molecule has 0 aliphatic carbocycles. The molecule has 25 heavy (non-hydrogen) atoms. The minimum atomic E-state index is -0.956. The normalized spacial score (nSPS) is 38.8. The molecule has 0 N–H and O–H groups in total. The van der Waals surface area contributed by atoms with Crippen molar-refractivity contribution in [3.8, 4) is 0 Å². The third kappa shape index (κ3) is 4.04. The zero-order valence-corrected chi connectivity index (χ0v) is 16.2. The average Bonchev–Trinajstić information content (AvgIpc) is 2.82. The van der Waals surface area contributed by atoms with Crippen molar-refractivity contribution in [3.63, 3.8) is 0 Å². The Labute approximate surface area is 154 Å². The maximum Gasteiger partial charge on any atom is 0.220 e. The van der Waals surface area contributed by atoms with E-state index in [0.717, 1.165) is 17.9 Å². The van der Waals surface area contributed by atoms with Gasteiger partial charge in [-0.2, -0.15) is 11.8 Å². The van der Waals surface area contributed by atoms with E-state index in [2.05, 4.69) is 12.1 Å². The summed E-state index contributed by atoms with van der Waals surface area (Å²) in [5.74, 6) is -0.106. The summed E-state index contributed by atoms with van der Waals surface area (Å²) < 4.78 is 30.0. The fourth-order valence-corrected chi connectivity index (χ4v) is 4.45. The number of hydrogen-bond acceptors (Lipinski definition) is 6. The Hall–Kier alpha value is -0.630. The van der Waals surface area contributed by atoms with Crippen molar-refractivity contribution in [2.75, 3.05) is 25.7 Å². The molecule has 5 nitrogen and oxygen atoms in total. The number of thioether (sulfide) groups is 1. The predicted molar refractivity (Wildman–Crippen MR) is 97.5 cm³/mol. The topological polar surface area (TPSA) is 46.2 Å². The minimum absolute atomic E-state index is 0.0384. The van der Waals surface area contributed by atoms with Gasteiger partial charge in [-0.3, -0.25) is 0 Å². The number of hydrogen-bond donors (Lipinski definition) is 0. The van der Waals surface area contributed by atoms with Gasteiger partial charge in [-0.15, -0.1) is 0 Å². The number of rotatable bonds is 5. The predicted octanol–water partition coefficient (Wildman–Crippen LogP) is 3.22. The molecule has 140 valence electrons. The highest BCUT2D eigenvalue weighted by Crippen LogP contribution is 2.42. The molecule has 2 saturated heterocycles. The molecule has 2 fully saturated rings. The van der Waals surface area contributed by atoms with Crippen LogP contribution in [0.15, 0.2) is 30.3 Å². The molecule has 3 rings (SSSR count). The van der Waals surface area contributed by atoms with E-state index in [1.54, 1.807) is 14.2 Å². The van der Waals surface area contributed by atoms with Gasteiger partial charge in [0, 0.05) is 32.1 Å². The number of ether oxygens (including phenoxy) is 5. The summed E-state index contributed by atoms with van der Waals surface area (Å²) in [6.07, 6.45) is 0.785. The SMILES string of the molecule is CO[C@@]1(C)O[C@@H]2CSC[C@@H](OCc3ccccc3)C[C@H]2O[C@]1(C)OC. The molecule has 0 spiro atoms. The van der Waals surface area contributed by atoms with Gasteiger partial charge in [-0.25, -0.2) is 0 Å². The van der Waals surface area contributed by atoms with Gasteiger partial charge in [-0.05, 0) is 19.4 Å². The lowest BCUT2D eigenvalue weighted by Gasteiger charge is -2.52. The first kappa shape index (κ1) is 19.1. The van der Waals surface area contributed by atoms with Crippen LogP contribution in [0, 0.1) is 0 Å². The van der Waals surface area contributed by atoms with E-state index in [1.807, 2.05) is 43.8 Å². The van der Waals surface area contributed by atoms with Crippen molar-refractivity contribution in [2.24, 2.45) is 0 Å². The Morgan fingerprint density at radius 1 is 1.00 bits per heavy atom. The highest BCUT2D eigenvalue weighted by molar-refractivity contribution is 7.99. The van der Waals surface area contributed by atoms with Crippen LogP contribution in [0.25, 0.3) is 0 Å². The van der Waals surface area contributed by atoms with Crippen LogP contribution in [0.2, 0.25) is 0 Å². The summed E-state index contributed by atoms with van der Waals surface area (Å²) in [4.78, 5) is 0.